The van der Waals surface area contributed by atoms with Crippen LogP contribution in [0.3, 0.4) is 0 Å². The van der Waals surface area contributed by atoms with Gasteiger partial charge in [0.1, 0.15) is 5.76 Å². The number of rotatable bonds is 6. The van der Waals surface area contributed by atoms with Crippen molar-refractivity contribution in [1.29, 1.82) is 0 Å². The highest BCUT2D eigenvalue weighted by molar-refractivity contribution is 7.15. The largest absolute Gasteiger partial charge is 0.469 e. The highest BCUT2D eigenvalue weighted by Gasteiger charge is 2.17. The molecule has 0 radical (unpaired) electrons. The number of nitrogens with zero attached hydrogens (tertiary/aromatic N) is 2. The average molecular weight is 377 g/mol. The van der Waals surface area contributed by atoms with Gasteiger partial charge in [-0.25, -0.2) is 0 Å². The lowest BCUT2D eigenvalue weighted by Crippen LogP contribution is -2.25. The molecule has 25 heavy (non-hydrogen) atoms. The van der Waals surface area contributed by atoms with E-state index in [0.29, 0.717) is 23.7 Å². The van der Waals surface area contributed by atoms with Gasteiger partial charge in [0.25, 0.3) is 11.8 Å². The van der Waals surface area contributed by atoms with Crippen LogP contribution in [0, 0.1) is 0 Å². The van der Waals surface area contributed by atoms with Crippen molar-refractivity contribution in [1.82, 2.24) is 15.5 Å². The molecule has 3 aromatic rings. The molecule has 2 heterocycles. The van der Waals surface area contributed by atoms with Crippen molar-refractivity contribution in [2.24, 2.45) is 0 Å². The molecule has 0 spiro atoms. The topological polar surface area (TPSA) is 97.1 Å². The number of carbonyl (C=O) groups excluding carboxylic acids is 2. The van der Waals surface area contributed by atoms with Crippen LogP contribution in [0.1, 0.15) is 25.4 Å². The summed E-state index contributed by atoms with van der Waals surface area (Å²) in [6, 6.07) is 10.3. The van der Waals surface area contributed by atoms with Crippen LogP contribution in [-0.2, 0) is 6.42 Å². The molecule has 128 valence electrons. The van der Waals surface area contributed by atoms with Crippen molar-refractivity contribution in [2.45, 2.75) is 6.42 Å². The van der Waals surface area contributed by atoms with Gasteiger partial charge in [0.15, 0.2) is 0 Å². The summed E-state index contributed by atoms with van der Waals surface area (Å²) >= 11 is 6.79. The van der Waals surface area contributed by atoms with E-state index in [-0.39, 0.29) is 15.9 Å². The van der Waals surface area contributed by atoms with Gasteiger partial charge in [-0.3, -0.25) is 9.59 Å². The lowest BCUT2D eigenvalue weighted by Gasteiger charge is -2.02. The Labute approximate surface area is 152 Å². The van der Waals surface area contributed by atoms with Crippen molar-refractivity contribution in [3.8, 4) is 0 Å². The van der Waals surface area contributed by atoms with Crippen LogP contribution in [0.15, 0.2) is 47.1 Å². The van der Waals surface area contributed by atoms with E-state index >= 15 is 0 Å². The smallest absolute Gasteiger partial charge is 0.286 e. The zero-order valence-electron chi connectivity index (χ0n) is 12.9. The third kappa shape index (κ3) is 4.65. The maximum atomic E-state index is 12.1. The van der Waals surface area contributed by atoms with Crippen LogP contribution in [0.25, 0.3) is 0 Å². The Balaban J connectivity index is 1.55. The molecule has 0 bridgehead atoms. The minimum atomic E-state index is -0.450. The third-order valence-electron chi connectivity index (χ3n) is 3.13. The quantitative estimate of drug-likeness (QED) is 0.689. The van der Waals surface area contributed by atoms with E-state index in [1.54, 1.807) is 36.6 Å². The predicted molar refractivity (Wildman–Crippen MR) is 94.1 cm³/mol. The van der Waals surface area contributed by atoms with E-state index < -0.39 is 5.91 Å². The molecule has 0 saturated heterocycles. The number of amides is 2. The number of aromatic nitrogens is 2. The SMILES string of the molecule is O=C(NCCc1ccco1)c1nnc(C(=O)Nc2cccc(Cl)c2)s1. The maximum Gasteiger partial charge on any atom is 0.286 e. The first-order valence-corrected chi connectivity index (χ1v) is 8.52. The van der Waals surface area contributed by atoms with Crippen molar-refractivity contribution < 1.29 is 14.0 Å². The predicted octanol–water partition coefficient (Wildman–Crippen LogP) is 3.01. The molecule has 0 unspecified atom stereocenters. The highest BCUT2D eigenvalue weighted by Crippen LogP contribution is 2.17. The monoisotopic (exact) mass is 376 g/mol. The number of halogens is 1. The molecule has 0 aliphatic rings. The van der Waals surface area contributed by atoms with E-state index in [1.165, 1.54) is 0 Å². The molecule has 3 rings (SSSR count). The molecule has 0 aliphatic carbocycles. The minimum Gasteiger partial charge on any atom is -0.469 e. The van der Waals surface area contributed by atoms with Crippen molar-refractivity contribution >= 4 is 40.4 Å². The van der Waals surface area contributed by atoms with Gasteiger partial charge in [0.05, 0.1) is 6.26 Å². The van der Waals surface area contributed by atoms with Gasteiger partial charge in [0, 0.05) is 23.7 Å². The second-order valence-corrected chi connectivity index (χ2v) is 6.38. The third-order valence-corrected chi connectivity index (χ3v) is 4.29. The first-order chi connectivity index (χ1) is 12.1. The molecular weight excluding hydrogens is 364 g/mol. The summed E-state index contributed by atoms with van der Waals surface area (Å²) in [6.07, 6.45) is 2.15. The average Bonchev–Trinajstić information content (AvgIpc) is 3.26. The number of hydrogen-bond acceptors (Lipinski definition) is 6. The molecule has 0 aliphatic heterocycles. The Morgan fingerprint density at radius 2 is 1.92 bits per heavy atom. The molecule has 9 heteroatoms. The number of furan rings is 1. The highest BCUT2D eigenvalue weighted by atomic mass is 35.5. The van der Waals surface area contributed by atoms with Crippen LogP contribution in [0.4, 0.5) is 5.69 Å². The van der Waals surface area contributed by atoms with Crippen LogP contribution < -0.4 is 10.6 Å². The summed E-state index contributed by atoms with van der Waals surface area (Å²) < 4.78 is 5.18. The Kier molecular flexibility index (Phi) is 5.42. The molecule has 7 nitrogen and oxygen atoms in total. The van der Waals surface area contributed by atoms with Gasteiger partial charge >= 0.3 is 0 Å². The molecular formula is C16H13ClN4O3S. The standard InChI is InChI=1S/C16H13ClN4O3S/c17-10-3-1-4-11(9-10)19-14(23)16-21-20-15(25-16)13(22)18-7-6-12-5-2-8-24-12/h1-5,8-9H,6-7H2,(H,18,22)(H,19,23). The van der Waals surface area contributed by atoms with Crippen LogP contribution in [-0.4, -0.2) is 28.6 Å². The van der Waals surface area contributed by atoms with Crippen molar-refractivity contribution in [2.75, 3.05) is 11.9 Å². The first-order valence-electron chi connectivity index (χ1n) is 7.33. The molecule has 2 N–H and O–H groups in total. The van der Waals surface area contributed by atoms with E-state index in [1.807, 2.05) is 6.07 Å². The fourth-order valence-electron chi connectivity index (χ4n) is 1.99. The van der Waals surface area contributed by atoms with E-state index in [9.17, 15) is 9.59 Å². The summed E-state index contributed by atoms with van der Waals surface area (Å²) in [6.45, 7) is 0.399. The zero-order valence-corrected chi connectivity index (χ0v) is 14.4. The number of anilines is 1. The Hall–Kier alpha value is -2.71. The van der Waals surface area contributed by atoms with Gasteiger partial charge in [0.2, 0.25) is 10.0 Å². The second kappa shape index (κ2) is 7.91. The molecule has 1 aromatic carbocycles. The normalized spacial score (nSPS) is 10.4. The lowest BCUT2D eigenvalue weighted by molar-refractivity contribution is 0.0951. The first kappa shape index (κ1) is 17.1. The fraction of sp³-hybridized carbons (Fsp3) is 0.125. The summed E-state index contributed by atoms with van der Waals surface area (Å²) in [4.78, 5) is 24.2. The van der Waals surface area contributed by atoms with Gasteiger partial charge in [-0.15, -0.1) is 10.2 Å². The molecule has 0 fully saturated rings. The number of hydrogen-bond donors (Lipinski definition) is 2. The minimum absolute atomic E-state index is 0.0937. The van der Waals surface area contributed by atoms with Gasteiger partial charge < -0.3 is 15.1 Å². The molecule has 0 saturated carbocycles. The number of benzene rings is 1. The van der Waals surface area contributed by atoms with Gasteiger partial charge in [-0.05, 0) is 30.3 Å². The van der Waals surface area contributed by atoms with Gasteiger partial charge in [-0.1, -0.05) is 29.0 Å². The summed E-state index contributed by atoms with van der Waals surface area (Å²) in [5.41, 5.74) is 0.539. The Morgan fingerprint density at radius 3 is 2.64 bits per heavy atom. The molecule has 0 atom stereocenters. The van der Waals surface area contributed by atoms with E-state index in [0.717, 1.165) is 17.1 Å². The zero-order chi connectivity index (χ0) is 17.6. The summed E-state index contributed by atoms with van der Waals surface area (Å²) in [5, 5.41) is 13.6. The van der Waals surface area contributed by atoms with Crippen molar-refractivity contribution in [3.05, 3.63) is 63.5 Å². The van der Waals surface area contributed by atoms with Crippen LogP contribution >= 0.6 is 22.9 Å². The number of nitrogens with one attached hydrogen (secondary N) is 2. The lowest BCUT2D eigenvalue weighted by atomic mass is 10.3. The van der Waals surface area contributed by atoms with Crippen LogP contribution in [0.5, 0.6) is 0 Å². The molecule has 2 aromatic heterocycles. The number of carbonyl (C=O) groups is 2. The summed E-state index contributed by atoms with van der Waals surface area (Å²) in [7, 11) is 0. The Morgan fingerprint density at radius 1 is 1.12 bits per heavy atom. The van der Waals surface area contributed by atoms with Crippen molar-refractivity contribution in [3.63, 3.8) is 0 Å². The van der Waals surface area contributed by atoms with E-state index in [2.05, 4.69) is 20.8 Å². The van der Waals surface area contributed by atoms with Crippen LogP contribution in [0.2, 0.25) is 5.02 Å². The summed E-state index contributed by atoms with van der Waals surface area (Å²) in [5.74, 6) is -0.0561. The van der Waals surface area contributed by atoms with E-state index in [4.69, 9.17) is 16.0 Å². The molecule has 2 amide bonds. The Bertz CT molecular complexity index is 879. The second-order valence-electron chi connectivity index (χ2n) is 4.96. The fourth-order valence-corrected chi connectivity index (χ4v) is 2.83. The van der Waals surface area contributed by atoms with Gasteiger partial charge in [-0.2, -0.15) is 0 Å². The maximum absolute atomic E-state index is 12.1.